The van der Waals surface area contributed by atoms with Gasteiger partial charge in [-0.25, -0.2) is 4.98 Å². The van der Waals surface area contributed by atoms with Crippen LogP contribution < -0.4 is 5.32 Å². The van der Waals surface area contributed by atoms with Gasteiger partial charge in [-0.05, 0) is 6.42 Å². The van der Waals surface area contributed by atoms with Crippen LogP contribution >= 0.6 is 0 Å². The molecular weight excluding hydrogens is 226 g/mol. The molecule has 0 aromatic carbocycles. The maximum atomic E-state index is 10.9. The largest absolute Gasteiger partial charge is 0.383 e. The fraction of sp³-hybridized carbons (Fsp3) is 0.700. The number of aryl methyl sites for hydroxylation is 1. The number of ether oxygens (including phenoxy) is 1. The van der Waals surface area contributed by atoms with Gasteiger partial charge in [-0.15, -0.1) is 0 Å². The molecule has 0 saturated carbocycles. The van der Waals surface area contributed by atoms with Crippen LogP contribution in [-0.4, -0.2) is 46.0 Å². The van der Waals surface area contributed by atoms with Crippen LogP contribution in [0, 0.1) is 0 Å². The molecule has 1 aromatic heterocycles. The molecule has 0 fully saturated rings. The standard InChI is InChI=1S/C10H19N3O2S/c1-15-8-5-12-10-11-4-7-13(10)6-3-9-16(2)14/h4,7H,3,5-6,8-9H2,1-2H3,(H,11,12). The minimum Gasteiger partial charge on any atom is -0.383 e. The summed E-state index contributed by atoms with van der Waals surface area (Å²) in [5.74, 6) is 1.58. The summed E-state index contributed by atoms with van der Waals surface area (Å²) in [6, 6.07) is 0. The topological polar surface area (TPSA) is 56.1 Å². The van der Waals surface area contributed by atoms with Gasteiger partial charge in [0.05, 0.1) is 6.61 Å². The lowest BCUT2D eigenvalue weighted by atomic mass is 10.5. The van der Waals surface area contributed by atoms with Gasteiger partial charge < -0.3 is 14.6 Å². The molecule has 1 unspecified atom stereocenters. The summed E-state index contributed by atoms with van der Waals surface area (Å²) in [7, 11) is 0.957. The number of nitrogens with one attached hydrogen (secondary N) is 1. The smallest absolute Gasteiger partial charge is 0.202 e. The van der Waals surface area contributed by atoms with Crippen LogP contribution in [0.25, 0.3) is 0 Å². The number of methoxy groups -OCH3 is 1. The Balaban J connectivity index is 2.34. The van der Waals surface area contributed by atoms with Gasteiger partial charge in [0.1, 0.15) is 0 Å². The Morgan fingerprint density at radius 1 is 1.62 bits per heavy atom. The highest BCUT2D eigenvalue weighted by Gasteiger charge is 2.01. The lowest BCUT2D eigenvalue weighted by Gasteiger charge is -2.08. The van der Waals surface area contributed by atoms with E-state index in [0.29, 0.717) is 6.61 Å². The quantitative estimate of drug-likeness (QED) is 0.685. The first-order valence-electron chi connectivity index (χ1n) is 5.28. The van der Waals surface area contributed by atoms with E-state index >= 15 is 0 Å². The Kier molecular flexibility index (Phi) is 6.10. The van der Waals surface area contributed by atoms with Crippen LogP contribution in [0.2, 0.25) is 0 Å². The molecule has 1 rings (SSSR count). The Hall–Kier alpha value is -0.880. The molecule has 0 amide bonds. The number of nitrogens with zero attached hydrogens (tertiary/aromatic N) is 2. The van der Waals surface area contributed by atoms with E-state index in [0.717, 1.165) is 31.2 Å². The normalized spacial score (nSPS) is 12.6. The van der Waals surface area contributed by atoms with E-state index < -0.39 is 10.8 Å². The van der Waals surface area contributed by atoms with Crippen LogP contribution in [-0.2, 0) is 22.1 Å². The molecule has 0 aliphatic carbocycles. The SMILES string of the molecule is COCCNc1nccn1CCCS(C)=O. The highest BCUT2D eigenvalue weighted by atomic mass is 32.2. The van der Waals surface area contributed by atoms with Gasteiger partial charge >= 0.3 is 0 Å². The summed E-state index contributed by atoms with van der Waals surface area (Å²) in [6.45, 7) is 2.24. The first kappa shape index (κ1) is 13.2. The van der Waals surface area contributed by atoms with Gasteiger partial charge in [0, 0.05) is 55.4 Å². The molecule has 92 valence electrons. The number of aromatic nitrogens is 2. The van der Waals surface area contributed by atoms with Crippen molar-refractivity contribution in [1.82, 2.24) is 9.55 Å². The lowest BCUT2D eigenvalue weighted by molar-refractivity contribution is 0.210. The molecule has 1 heterocycles. The van der Waals surface area contributed by atoms with Gasteiger partial charge in [-0.2, -0.15) is 0 Å². The molecule has 16 heavy (non-hydrogen) atoms. The Morgan fingerprint density at radius 3 is 3.12 bits per heavy atom. The van der Waals surface area contributed by atoms with Gasteiger partial charge in [-0.3, -0.25) is 4.21 Å². The highest BCUT2D eigenvalue weighted by molar-refractivity contribution is 7.84. The number of hydrogen-bond donors (Lipinski definition) is 1. The van der Waals surface area contributed by atoms with Gasteiger partial charge in [0.15, 0.2) is 0 Å². The van der Waals surface area contributed by atoms with Crippen LogP contribution in [0.15, 0.2) is 12.4 Å². The van der Waals surface area contributed by atoms with E-state index in [4.69, 9.17) is 4.74 Å². The van der Waals surface area contributed by atoms with Gasteiger partial charge in [0.25, 0.3) is 0 Å². The number of anilines is 1. The van der Waals surface area contributed by atoms with Crippen LogP contribution in [0.3, 0.4) is 0 Å². The highest BCUT2D eigenvalue weighted by Crippen LogP contribution is 2.05. The minimum atomic E-state index is -0.715. The monoisotopic (exact) mass is 245 g/mol. The fourth-order valence-corrected chi connectivity index (χ4v) is 1.90. The van der Waals surface area contributed by atoms with Crippen molar-refractivity contribution in [3.05, 3.63) is 12.4 Å². The van der Waals surface area contributed by atoms with Crippen LogP contribution in [0.5, 0.6) is 0 Å². The first-order valence-corrected chi connectivity index (χ1v) is 7.00. The van der Waals surface area contributed by atoms with E-state index in [-0.39, 0.29) is 0 Å². The third-order valence-corrected chi connectivity index (χ3v) is 3.00. The van der Waals surface area contributed by atoms with E-state index in [1.807, 2.05) is 10.8 Å². The summed E-state index contributed by atoms with van der Waals surface area (Å²) >= 11 is 0. The third kappa shape index (κ3) is 4.76. The molecule has 1 aromatic rings. The van der Waals surface area contributed by atoms with Gasteiger partial charge in [0.2, 0.25) is 5.95 Å². The fourth-order valence-electron chi connectivity index (χ4n) is 1.36. The Labute approximate surface area is 98.7 Å². The van der Waals surface area contributed by atoms with Crippen molar-refractivity contribution in [3.8, 4) is 0 Å². The minimum absolute atomic E-state index is 0.659. The first-order chi connectivity index (χ1) is 7.74. The van der Waals surface area contributed by atoms with E-state index in [9.17, 15) is 4.21 Å². The van der Waals surface area contributed by atoms with Crippen molar-refractivity contribution < 1.29 is 8.95 Å². The van der Waals surface area contributed by atoms with Crippen molar-refractivity contribution in [1.29, 1.82) is 0 Å². The van der Waals surface area contributed by atoms with Crippen molar-refractivity contribution in [2.45, 2.75) is 13.0 Å². The molecule has 0 radical (unpaired) electrons. The van der Waals surface area contributed by atoms with Crippen molar-refractivity contribution in [2.24, 2.45) is 0 Å². The maximum Gasteiger partial charge on any atom is 0.202 e. The van der Waals surface area contributed by atoms with Crippen molar-refractivity contribution >= 4 is 16.7 Å². The molecule has 0 saturated heterocycles. The second kappa shape index (κ2) is 7.40. The summed E-state index contributed by atoms with van der Waals surface area (Å²) in [5, 5.41) is 3.18. The van der Waals surface area contributed by atoms with Crippen LogP contribution in [0.4, 0.5) is 5.95 Å². The molecule has 0 aliphatic heterocycles. The average molecular weight is 245 g/mol. The van der Waals surface area contributed by atoms with Gasteiger partial charge in [-0.1, -0.05) is 0 Å². The average Bonchev–Trinajstić information content (AvgIpc) is 2.66. The Bertz CT molecular complexity index is 328. The number of imidazole rings is 1. The van der Waals surface area contributed by atoms with E-state index in [1.165, 1.54) is 0 Å². The predicted octanol–water partition coefficient (Wildman–Crippen LogP) is 0.710. The molecule has 5 nitrogen and oxygen atoms in total. The second-order valence-electron chi connectivity index (χ2n) is 3.49. The second-order valence-corrected chi connectivity index (χ2v) is 5.05. The summed E-state index contributed by atoms with van der Waals surface area (Å²) in [5.41, 5.74) is 0. The molecule has 1 N–H and O–H groups in total. The third-order valence-electron chi connectivity index (χ3n) is 2.14. The zero-order chi connectivity index (χ0) is 11.8. The molecular formula is C10H19N3O2S. The summed E-state index contributed by atoms with van der Waals surface area (Å²) in [6.07, 6.45) is 6.32. The van der Waals surface area contributed by atoms with Crippen molar-refractivity contribution in [2.75, 3.05) is 37.6 Å². The molecule has 1 atom stereocenters. The molecule has 6 heteroatoms. The predicted molar refractivity (Wildman–Crippen MR) is 66.1 cm³/mol. The lowest BCUT2D eigenvalue weighted by Crippen LogP contribution is -2.13. The maximum absolute atomic E-state index is 10.9. The zero-order valence-corrected chi connectivity index (χ0v) is 10.6. The number of rotatable bonds is 8. The molecule has 0 aliphatic rings. The van der Waals surface area contributed by atoms with E-state index in [1.54, 1.807) is 19.6 Å². The zero-order valence-electron chi connectivity index (χ0n) is 9.81. The molecule has 0 spiro atoms. The van der Waals surface area contributed by atoms with Crippen LogP contribution in [0.1, 0.15) is 6.42 Å². The summed E-state index contributed by atoms with van der Waals surface area (Å²) < 4.78 is 17.9. The number of hydrogen-bond acceptors (Lipinski definition) is 4. The summed E-state index contributed by atoms with van der Waals surface area (Å²) in [4.78, 5) is 4.21. The van der Waals surface area contributed by atoms with E-state index in [2.05, 4.69) is 10.3 Å². The van der Waals surface area contributed by atoms with Crippen molar-refractivity contribution in [3.63, 3.8) is 0 Å². The molecule has 0 bridgehead atoms. The Morgan fingerprint density at radius 2 is 2.44 bits per heavy atom.